The van der Waals surface area contributed by atoms with Gasteiger partial charge in [0.1, 0.15) is 12.1 Å². The van der Waals surface area contributed by atoms with E-state index >= 15 is 0 Å². The van der Waals surface area contributed by atoms with Crippen LogP contribution in [0.4, 0.5) is 0 Å². The number of rotatable bonds is 5. The summed E-state index contributed by atoms with van der Waals surface area (Å²) in [4.78, 5) is 40.4. The molecule has 7 nitrogen and oxygen atoms in total. The number of carbonyl (C=O) groups excluding carboxylic acids is 2. The van der Waals surface area contributed by atoms with Crippen molar-refractivity contribution in [2.75, 3.05) is 0 Å². The minimum absolute atomic E-state index is 0.162. The van der Waals surface area contributed by atoms with Gasteiger partial charge in [-0.1, -0.05) is 36.4 Å². The molecule has 0 aliphatic rings. The Labute approximate surface area is 177 Å². The van der Waals surface area contributed by atoms with Gasteiger partial charge in [-0.15, -0.1) is 0 Å². The second kappa shape index (κ2) is 8.54. The minimum atomic E-state index is -0.381. The molecule has 0 spiro atoms. The molecule has 0 unspecified atom stereocenters. The van der Waals surface area contributed by atoms with Crippen LogP contribution in [0.15, 0.2) is 82.7 Å². The van der Waals surface area contributed by atoms with E-state index in [1.165, 1.54) is 10.8 Å². The lowest BCUT2D eigenvalue weighted by Crippen LogP contribution is -2.22. The number of benzene rings is 3. The first-order valence-electron chi connectivity index (χ1n) is 9.54. The van der Waals surface area contributed by atoms with Crippen LogP contribution in [0, 0.1) is 6.92 Å². The molecule has 7 heteroatoms. The summed E-state index contributed by atoms with van der Waals surface area (Å²) in [7, 11) is 0. The third kappa shape index (κ3) is 4.16. The fourth-order valence-electron chi connectivity index (χ4n) is 3.20. The molecule has 3 aromatic carbocycles. The number of aromatic nitrogens is 2. The zero-order valence-corrected chi connectivity index (χ0v) is 16.6. The molecule has 0 aliphatic carbocycles. The van der Waals surface area contributed by atoms with E-state index in [4.69, 9.17) is 0 Å². The Morgan fingerprint density at radius 1 is 0.968 bits per heavy atom. The molecular weight excluding hydrogens is 392 g/mol. The molecule has 4 aromatic rings. The summed E-state index contributed by atoms with van der Waals surface area (Å²) in [6.07, 6.45) is 2.25. The van der Waals surface area contributed by atoms with Crippen LogP contribution >= 0.6 is 0 Å². The second-order valence-corrected chi connectivity index (χ2v) is 6.85. The Morgan fingerprint density at radius 3 is 2.35 bits per heavy atom. The summed E-state index contributed by atoms with van der Waals surface area (Å²) in [5.74, 6) is 0.180. The maximum absolute atomic E-state index is 12.9. The smallest absolute Gasteiger partial charge is 0.271 e. The number of para-hydroxylation sites is 1. The Kier molecular flexibility index (Phi) is 5.49. The molecule has 1 aromatic heterocycles. The average molecular weight is 410 g/mol. The van der Waals surface area contributed by atoms with E-state index in [9.17, 15) is 14.4 Å². The van der Waals surface area contributed by atoms with E-state index in [1.807, 2.05) is 6.07 Å². The van der Waals surface area contributed by atoms with E-state index in [0.29, 0.717) is 33.5 Å². The monoisotopic (exact) mass is 410 g/mol. The van der Waals surface area contributed by atoms with Gasteiger partial charge in [0, 0.05) is 11.1 Å². The summed E-state index contributed by atoms with van der Waals surface area (Å²) in [5, 5.41) is 4.47. The first-order chi connectivity index (χ1) is 15.1. The normalized spacial score (nSPS) is 11.0. The molecule has 1 N–H and O–H groups in total. The van der Waals surface area contributed by atoms with E-state index in [-0.39, 0.29) is 11.5 Å². The molecule has 1 heterocycles. The zero-order chi connectivity index (χ0) is 21.8. The molecule has 0 atom stereocenters. The molecular formula is C24H18N4O3. The van der Waals surface area contributed by atoms with E-state index in [2.05, 4.69) is 15.5 Å². The molecule has 31 heavy (non-hydrogen) atoms. The highest BCUT2D eigenvalue weighted by Gasteiger charge is 2.11. The van der Waals surface area contributed by atoms with Gasteiger partial charge in [-0.3, -0.25) is 19.0 Å². The average Bonchev–Trinajstić information content (AvgIpc) is 2.80. The number of hydrogen-bond acceptors (Lipinski definition) is 5. The van der Waals surface area contributed by atoms with Crippen LogP contribution in [0.1, 0.15) is 32.1 Å². The van der Waals surface area contributed by atoms with Crippen molar-refractivity contribution < 1.29 is 9.59 Å². The maximum atomic E-state index is 12.9. The summed E-state index contributed by atoms with van der Waals surface area (Å²) in [6, 6.07) is 20.6. The van der Waals surface area contributed by atoms with Crippen molar-refractivity contribution in [3.05, 3.63) is 106 Å². The number of hydrazone groups is 1. The SMILES string of the molecule is Cc1nc2ccccc2c(=O)n1-c1ccc(C(=O)N/N=C\c2ccc(C=O)cc2)cc1. The van der Waals surface area contributed by atoms with Crippen molar-refractivity contribution in [1.82, 2.24) is 15.0 Å². The maximum Gasteiger partial charge on any atom is 0.271 e. The third-order valence-electron chi connectivity index (χ3n) is 4.78. The summed E-state index contributed by atoms with van der Waals surface area (Å²) < 4.78 is 1.52. The van der Waals surface area contributed by atoms with Gasteiger partial charge < -0.3 is 0 Å². The highest BCUT2D eigenvalue weighted by atomic mass is 16.2. The van der Waals surface area contributed by atoms with Gasteiger partial charge in [-0.2, -0.15) is 5.10 Å². The molecule has 0 aliphatic heterocycles. The quantitative estimate of drug-likeness (QED) is 0.310. The van der Waals surface area contributed by atoms with Gasteiger partial charge in [0.2, 0.25) is 0 Å². The number of fused-ring (bicyclic) bond motifs is 1. The van der Waals surface area contributed by atoms with Crippen LogP contribution in [-0.4, -0.2) is 28.0 Å². The summed E-state index contributed by atoms with van der Waals surface area (Å²) in [6.45, 7) is 1.77. The first-order valence-corrected chi connectivity index (χ1v) is 9.54. The van der Waals surface area contributed by atoms with Crippen molar-refractivity contribution in [3.63, 3.8) is 0 Å². The number of carbonyl (C=O) groups is 2. The Morgan fingerprint density at radius 2 is 1.65 bits per heavy atom. The number of aldehydes is 1. The zero-order valence-electron chi connectivity index (χ0n) is 16.6. The largest absolute Gasteiger partial charge is 0.298 e. The number of nitrogens with one attached hydrogen (secondary N) is 1. The molecule has 152 valence electrons. The first kappa shape index (κ1) is 19.9. The van der Waals surface area contributed by atoms with Crippen LogP contribution in [0.5, 0.6) is 0 Å². The summed E-state index contributed by atoms with van der Waals surface area (Å²) in [5.41, 5.74) is 5.29. The van der Waals surface area contributed by atoms with Gasteiger partial charge in [0.05, 0.1) is 22.8 Å². The van der Waals surface area contributed by atoms with Gasteiger partial charge in [-0.05, 0) is 48.9 Å². The van der Waals surface area contributed by atoms with Gasteiger partial charge in [-0.25, -0.2) is 10.4 Å². The Hall–Kier alpha value is -4.39. The van der Waals surface area contributed by atoms with Crippen LogP contribution in [0.3, 0.4) is 0 Å². The second-order valence-electron chi connectivity index (χ2n) is 6.85. The number of nitrogens with zero attached hydrogens (tertiary/aromatic N) is 3. The van der Waals surface area contributed by atoms with Crippen LogP contribution in [0.2, 0.25) is 0 Å². The van der Waals surface area contributed by atoms with Crippen molar-refractivity contribution >= 4 is 29.3 Å². The van der Waals surface area contributed by atoms with E-state index in [0.717, 1.165) is 11.8 Å². The van der Waals surface area contributed by atoms with Crippen molar-refractivity contribution in [1.29, 1.82) is 0 Å². The van der Waals surface area contributed by atoms with Gasteiger partial charge in [0.15, 0.2) is 0 Å². The predicted molar refractivity (Wildman–Crippen MR) is 119 cm³/mol. The van der Waals surface area contributed by atoms with Crippen LogP contribution in [-0.2, 0) is 0 Å². The van der Waals surface area contributed by atoms with Gasteiger partial charge in [0.25, 0.3) is 11.5 Å². The van der Waals surface area contributed by atoms with Crippen molar-refractivity contribution in [3.8, 4) is 5.69 Å². The highest BCUT2D eigenvalue weighted by Crippen LogP contribution is 2.13. The number of amides is 1. The van der Waals surface area contributed by atoms with Crippen molar-refractivity contribution in [2.45, 2.75) is 6.92 Å². The topological polar surface area (TPSA) is 93.4 Å². The molecule has 1 amide bonds. The number of hydrogen-bond donors (Lipinski definition) is 1. The van der Waals surface area contributed by atoms with Crippen LogP contribution < -0.4 is 11.0 Å². The Bertz CT molecular complexity index is 1350. The molecule has 4 rings (SSSR count). The highest BCUT2D eigenvalue weighted by molar-refractivity contribution is 5.95. The molecule has 0 radical (unpaired) electrons. The lowest BCUT2D eigenvalue weighted by molar-refractivity contribution is 0.0955. The Balaban J connectivity index is 1.52. The van der Waals surface area contributed by atoms with Gasteiger partial charge >= 0.3 is 0 Å². The molecule has 0 bridgehead atoms. The fourth-order valence-corrected chi connectivity index (χ4v) is 3.20. The van der Waals surface area contributed by atoms with Crippen molar-refractivity contribution in [2.24, 2.45) is 5.10 Å². The van der Waals surface area contributed by atoms with E-state index < -0.39 is 0 Å². The fraction of sp³-hybridized carbons (Fsp3) is 0.0417. The predicted octanol–water partition coefficient (Wildman–Crippen LogP) is 3.27. The van der Waals surface area contributed by atoms with E-state index in [1.54, 1.807) is 73.7 Å². The third-order valence-corrected chi connectivity index (χ3v) is 4.78. The molecule has 0 saturated carbocycles. The molecule has 0 saturated heterocycles. The molecule has 0 fully saturated rings. The van der Waals surface area contributed by atoms with Crippen LogP contribution in [0.25, 0.3) is 16.6 Å². The standard InChI is InChI=1S/C24H18N4O3/c1-16-26-22-5-3-2-4-21(22)24(31)28(16)20-12-10-19(11-13-20)23(30)27-25-14-17-6-8-18(15-29)9-7-17/h2-15H,1H3,(H,27,30)/b25-14-. The minimum Gasteiger partial charge on any atom is -0.298 e. The summed E-state index contributed by atoms with van der Waals surface area (Å²) >= 11 is 0. The lowest BCUT2D eigenvalue weighted by Gasteiger charge is -2.11. The number of aryl methyl sites for hydroxylation is 1. The lowest BCUT2D eigenvalue weighted by atomic mass is 10.2.